The van der Waals surface area contributed by atoms with E-state index in [1.807, 2.05) is 65.6 Å². The van der Waals surface area contributed by atoms with Gasteiger partial charge in [0.15, 0.2) is 0 Å². The molecule has 9 nitrogen and oxygen atoms in total. The number of carbonyl (C=O) groups excluding carboxylic acids is 4. The lowest BCUT2D eigenvalue weighted by molar-refractivity contribution is -0.139. The van der Waals surface area contributed by atoms with Crippen molar-refractivity contribution in [3.8, 4) is 0 Å². The maximum atomic E-state index is 14.1. The maximum absolute atomic E-state index is 14.1. The summed E-state index contributed by atoms with van der Waals surface area (Å²) in [6.07, 6.45) is 9.18. The minimum Gasteiger partial charge on any atom is -0.354 e. The quantitative estimate of drug-likeness (QED) is 0.222. The number of hydrogen-bond donors (Lipinski definition) is 4. The Hall–Kier alpha value is -3.76. The van der Waals surface area contributed by atoms with Gasteiger partial charge in [0.2, 0.25) is 17.7 Å². The van der Waals surface area contributed by atoms with Crippen molar-refractivity contribution in [1.29, 1.82) is 0 Å². The van der Waals surface area contributed by atoms with Gasteiger partial charge in [-0.25, -0.2) is 0 Å². The molecule has 1 atom stereocenters. The number of halogens is 1. The molecule has 1 aliphatic heterocycles. The van der Waals surface area contributed by atoms with E-state index in [2.05, 4.69) is 31.9 Å². The van der Waals surface area contributed by atoms with Crippen molar-refractivity contribution in [1.82, 2.24) is 20.9 Å². The van der Waals surface area contributed by atoms with Crippen molar-refractivity contribution >= 4 is 50.3 Å². The topological polar surface area (TPSA) is 134 Å². The molecule has 6 rings (SSSR count). The Labute approximate surface area is 297 Å². The molecule has 260 valence electrons. The van der Waals surface area contributed by atoms with E-state index in [1.54, 1.807) is 6.07 Å². The van der Waals surface area contributed by atoms with Crippen molar-refractivity contribution in [2.45, 2.75) is 94.2 Å². The zero-order valence-corrected chi connectivity index (χ0v) is 29.7. The lowest BCUT2D eigenvalue weighted by Gasteiger charge is -2.40. The van der Waals surface area contributed by atoms with Gasteiger partial charge in [-0.05, 0) is 85.0 Å². The minimum atomic E-state index is -1.10. The average molecular weight is 731 g/mol. The molecule has 4 amide bonds. The number of rotatable bonds is 10. The molecule has 0 aromatic heterocycles. The number of hydrogen-bond acceptors (Lipinski definition) is 5. The first kappa shape index (κ1) is 35.1. The van der Waals surface area contributed by atoms with Crippen LogP contribution in [0.4, 0.5) is 0 Å². The molecule has 3 aromatic rings. The van der Waals surface area contributed by atoms with Crippen molar-refractivity contribution in [3.05, 3.63) is 82.3 Å². The van der Waals surface area contributed by atoms with E-state index in [-0.39, 0.29) is 29.5 Å². The average Bonchev–Trinajstić information content (AvgIpc) is 3.60. The summed E-state index contributed by atoms with van der Waals surface area (Å²) in [5.74, 6) is -0.588. The van der Waals surface area contributed by atoms with Crippen LogP contribution in [-0.4, -0.2) is 65.3 Å². The van der Waals surface area contributed by atoms with Crippen LogP contribution in [0.15, 0.2) is 71.2 Å². The summed E-state index contributed by atoms with van der Waals surface area (Å²) in [4.78, 5) is 56.6. The lowest BCUT2D eigenvalue weighted by Crippen LogP contribution is -2.61. The van der Waals surface area contributed by atoms with Gasteiger partial charge in [-0.1, -0.05) is 90.5 Å². The highest BCUT2D eigenvalue weighted by Gasteiger charge is 2.44. The molecule has 0 unspecified atom stereocenters. The second kappa shape index (κ2) is 15.4. The van der Waals surface area contributed by atoms with Crippen LogP contribution in [-0.2, 0) is 20.8 Å². The molecule has 2 aliphatic carbocycles. The molecule has 10 heteroatoms. The first-order valence-corrected chi connectivity index (χ1v) is 18.7. The van der Waals surface area contributed by atoms with Crippen LogP contribution >= 0.6 is 15.9 Å². The molecule has 3 aliphatic rings. The Morgan fingerprint density at radius 3 is 2.20 bits per heavy atom. The van der Waals surface area contributed by atoms with Crippen LogP contribution < -0.4 is 21.7 Å². The number of nitrogens with one attached hydrogen (secondary N) is 3. The second-order valence-corrected chi connectivity index (χ2v) is 15.3. The molecule has 3 fully saturated rings. The Kier molecular flexibility index (Phi) is 11.0. The summed E-state index contributed by atoms with van der Waals surface area (Å²) in [5, 5.41) is 11.2. The summed E-state index contributed by atoms with van der Waals surface area (Å²) in [5.41, 5.74) is 6.12. The molecular formula is C39H48BrN5O4. The fourth-order valence-electron chi connectivity index (χ4n) is 7.81. The summed E-state index contributed by atoms with van der Waals surface area (Å²) < 4.78 is 0.963. The number of nitrogens with zero attached hydrogens (tertiary/aromatic N) is 1. The standard InChI is InChI=1S/C39H48BrN5O4/c40-32-14-13-29-24-31(12-11-30(29)25-32)34(46)44-39(19-7-8-20-39)36(48)43-33(23-27-9-3-1-4-10-27)35(47)42-26-28-15-21-45(22-16-28)37(49)38(41)17-5-2-6-18-38/h1,3-4,9-14,24-25,28,33H,2,5-8,15-23,26,41H2,(H,42,47)(H,43,48)(H,44,46)/t33-/m1/s1. The van der Waals surface area contributed by atoms with Gasteiger partial charge in [-0.15, -0.1) is 0 Å². The number of benzene rings is 3. The summed E-state index contributed by atoms with van der Waals surface area (Å²) in [6, 6.07) is 20.3. The van der Waals surface area contributed by atoms with E-state index in [9.17, 15) is 19.2 Å². The van der Waals surface area contributed by atoms with Gasteiger partial charge in [-0.3, -0.25) is 19.2 Å². The maximum Gasteiger partial charge on any atom is 0.252 e. The van der Waals surface area contributed by atoms with Crippen LogP contribution in [0.2, 0.25) is 0 Å². The SMILES string of the molecule is NC1(C(=O)N2CCC(CNC(=O)[C@@H](Cc3ccccc3)NC(=O)C3(NC(=O)c4ccc5cc(Br)ccc5c4)CCCC3)CC2)CCCCC1. The fourth-order valence-corrected chi connectivity index (χ4v) is 8.19. The molecule has 2 saturated carbocycles. The zero-order valence-electron chi connectivity index (χ0n) is 28.1. The van der Waals surface area contributed by atoms with E-state index in [4.69, 9.17) is 5.73 Å². The third-order valence-electron chi connectivity index (χ3n) is 10.9. The predicted octanol–water partition coefficient (Wildman–Crippen LogP) is 5.39. The molecule has 0 spiro atoms. The van der Waals surface area contributed by atoms with E-state index in [1.165, 1.54) is 0 Å². The fraction of sp³-hybridized carbons (Fsp3) is 0.487. The van der Waals surface area contributed by atoms with Crippen LogP contribution in [0.5, 0.6) is 0 Å². The van der Waals surface area contributed by atoms with Crippen LogP contribution in [0, 0.1) is 5.92 Å². The lowest BCUT2D eigenvalue weighted by atomic mass is 9.81. The second-order valence-electron chi connectivity index (χ2n) is 14.4. The highest BCUT2D eigenvalue weighted by Crippen LogP contribution is 2.32. The van der Waals surface area contributed by atoms with Crippen LogP contribution in [0.3, 0.4) is 0 Å². The van der Waals surface area contributed by atoms with Crippen molar-refractivity contribution in [2.24, 2.45) is 11.7 Å². The summed E-state index contributed by atoms with van der Waals surface area (Å²) >= 11 is 3.49. The normalized spacial score (nSPS) is 19.6. The van der Waals surface area contributed by atoms with Gasteiger partial charge < -0.3 is 26.6 Å². The smallest absolute Gasteiger partial charge is 0.252 e. The van der Waals surface area contributed by atoms with Gasteiger partial charge in [0.05, 0.1) is 5.54 Å². The molecule has 5 N–H and O–H groups in total. The monoisotopic (exact) mass is 729 g/mol. The number of amides is 4. The Morgan fingerprint density at radius 2 is 1.49 bits per heavy atom. The summed E-state index contributed by atoms with van der Waals surface area (Å²) in [7, 11) is 0. The number of fused-ring (bicyclic) bond motifs is 1. The van der Waals surface area contributed by atoms with Gasteiger partial charge in [0.25, 0.3) is 5.91 Å². The van der Waals surface area contributed by atoms with E-state index >= 15 is 0 Å². The third kappa shape index (κ3) is 8.35. The number of nitrogens with two attached hydrogens (primary N) is 1. The van der Waals surface area contributed by atoms with Gasteiger partial charge in [0.1, 0.15) is 11.6 Å². The Balaban J connectivity index is 1.09. The molecule has 49 heavy (non-hydrogen) atoms. The van der Waals surface area contributed by atoms with Gasteiger partial charge in [0, 0.05) is 36.1 Å². The highest BCUT2D eigenvalue weighted by atomic mass is 79.9. The first-order chi connectivity index (χ1) is 23.6. The largest absolute Gasteiger partial charge is 0.354 e. The van der Waals surface area contributed by atoms with Crippen molar-refractivity contribution < 1.29 is 19.2 Å². The zero-order chi connectivity index (χ0) is 34.4. The van der Waals surface area contributed by atoms with Crippen molar-refractivity contribution in [3.63, 3.8) is 0 Å². The number of likely N-dealkylation sites (tertiary alicyclic amines) is 1. The van der Waals surface area contributed by atoms with Gasteiger partial charge in [-0.2, -0.15) is 0 Å². The highest BCUT2D eigenvalue weighted by molar-refractivity contribution is 9.10. The third-order valence-corrected chi connectivity index (χ3v) is 11.3. The van der Waals surface area contributed by atoms with Crippen molar-refractivity contribution in [2.75, 3.05) is 19.6 Å². The molecule has 0 radical (unpaired) electrons. The van der Waals surface area contributed by atoms with E-state index < -0.39 is 17.1 Å². The Bertz CT molecular complexity index is 1660. The first-order valence-electron chi connectivity index (χ1n) is 17.9. The molecule has 1 heterocycles. The molecule has 3 aromatic carbocycles. The minimum absolute atomic E-state index is 0.0714. The number of carbonyl (C=O) groups is 4. The molecule has 1 saturated heterocycles. The van der Waals surface area contributed by atoms with E-state index in [0.717, 1.165) is 78.6 Å². The summed E-state index contributed by atoms with van der Waals surface area (Å²) in [6.45, 7) is 1.75. The van der Waals surface area contributed by atoms with E-state index in [0.29, 0.717) is 44.5 Å². The predicted molar refractivity (Wildman–Crippen MR) is 195 cm³/mol. The molecular weight excluding hydrogens is 682 g/mol. The molecule has 0 bridgehead atoms. The van der Waals surface area contributed by atoms with Crippen LogP contribution in [0.1, 0.15) is 86.6 Å². The number of piperidine rings is 1. The van der Waals surface area contributed by atoms with Crippen LogP contribution in [0.25, 0.3) is 10.8 Å². The Morgan fingerprint density at radius 1 is 0.837 bits per heavy atom. The van der Waals surface area contributed by atoms with Gasteiger partial charge >= 0.3 is 0 Å².